The zero-order chi connectivity index (χ0) is 15.4. The molecule has 0 aromatic heterocycles. The molecule has 0 heterocycles. The van der Waals surface area contributed by atoms with Gasteiger partial charge in [-0.05, 0) is 62.5 Å². The maximum atomic E-state index is 5.45. The van der Waals surface area contributed by atoms with Crippen LogP contribution >= 0.6 is 31.9 Å². The van der Waals surface area contributed by atoms with E-state index in [9.17, 15) is 0 Å². The molecule has 0 saturated heterocycles. The smallest absolute Gasteiger partial charge is 0.165 e. The first-order valence-corrected chi connectivity index (χ1v) is 8.04. The minimum atomic E-state index is 0.640. The van der Waals surface area contributed by atoms with Crippen molar-refractivity contribution >= 4 is 37.5 Å². The molecule has 0 radical (unpaired) electrons. The number of hydrogen-bond donors (Lipinski definition) is 1. The molecule has 0 aliphatic carbocycles. The van der Waals surface area contributed by atoms with Crippen LogP contribution in [0.5, 0.6) is 11.5 Å². The third-order valence-electron chi connectivity index (χ3n) is 3.13. The largest absolute Gasteiger partial charge is 0.493 e. The van der Waals surface area contributed by atoms with E-state index < -0.39 is 0 Å². The Kier molecular flexibility index (Phi) is 5.53. The summed E-state index contributed by atoms with van der Waals surface area (Å²) in [7, 11) is 3.29. The molecule has 0 fully saturated rings. The van der Waals surface area contributed by atoms with Crippen molar-refractivity contribution in [2.45, 2.75) is 13.5 Å². The van der Waals surface area contributed by atoms with E-state index in [2.05, 4.69) is 56.2 Å². The lowest BCUT2D eigenvalue weighted by atomic mass is 10.1. The lowest BCUT2D eigenvalue weighted by Gasteiger charge is -2.15. The molecule has 3 nitrogen and oxygen atoms in total. The Morgan fingerprint density at radius 2 is 1.71 bits per heavy atom. The van der Waals surface area contributed by atoms with E-state index in [1.54, 1.807) is 14.2 Å². The first-order valence-electron chi connectivity index (χ1n) is 6.46. The molecule has 0 atom stereocenters. The van der Waals surface area contributed by atoms with Crippen molar-refractivity contribution in [3.63, 3.8) is 0 Å². The maximum absolute atomic E-state index is 5.45. The maximum Gasteiger partial charge on any atom is 0.165 e. The Hall–Kier alpha value is -1.20. The molecule has 1 N–H and O–H groups in total. The van der Waals surface area contributed by atoms with Gasteiger partial charge in [-0.2, -0.15) is 0 Å². The molecule has 21 heavy (non-hydrogen) atoms. The lowest BCUT2D eigenvalue weighted by Crippen LogP contribution is -2.04. The molecule has 112 valence electrons. The summed E-state index contributed by atoms with van der Waals surface area (Å²) >= 11 is 7.17. The molecule has 0 aliphatic heterocycles. The number of nitrogens with one attached hydrogen (secondary N) is 1. The highest BCUT2D eigenvalue weighted by Gasteiger charge is 2.11. The molecule has 0 amide bonds. The summed E-state index contributed by atoms with van der Waals surface area (Å²) in [5, 5.41) is 3.42. The van der Waals surface area contributed by atoms with Gasteiger partial charge in [0.15, 0.2) is 11.5 Å². The van der Waals surface area contributed by atoms with Gasteiger partial charge in [0.05, 0.1) is 19.9 Å². The van der Waals surface area contributed by atoms with Crippen LogP contribution in [0.2, 0.25) is 0 Å². The van der Waals surface area contributed by atoms with E-state index in [0.717, 1.165) is 31.7 Å². The van der Waals surface area contributed by atoms with Gasteiger partial charge in [0.1, 0.15) is 0 Å². The highest BCUT2D eigenvalue weighted by atomic mass is 79.9. The molecule has 2 rings (SSSR count). The van der Waals surface area contributed by atoms with Crippen LogP contribution < -0.4 is 14.8 Å². The first kappa shape index (κ1) is 16.2. The Bertz CT molecular complexity index is 621. The predicted octanol–water partition coefficient (Wildman–Crippen LogP) is 5.15. The average molecular weight is 415 g/mol. The van der Waals surface area contributed by atoms with Crippen LogP contribution in [0, 0.1) is 6.92 Å². The van der Waals surface area contributed by atoms with E-state index in [-0.39, 0.29) is 0 Å². The Morgan fingerprint density at radius 1 is 1.05 bits per heavy atom. The highest BCUT2D eigenvalue weighted by Crippen LogP contribution is 2.35. The van der Waals surface area contributed by atoms with Gasteiger partial charge in [-0.1, -0.05) is 12.1 Å². The molecule has 0 bridgehead atoms. The Balaban J connectivity index is 2.25. The number of para-hydroxylation sites is 1. The third-order valence-corrected chi connectivity index (χ3v) is 4.38. The van der Waals surface area contributed by atoms with Crippen molar-refractivity contribution in [1.82, 2.24) is 0 Å². The number of hydrogen-bond acceptors (Lipinski definition) is 3. The van der Waals surface area contributed by atoms with Crippen LogP contribution in [-0.2, 0) is 6.54 Å². The van der Waals surface area contributed by atoms with Gasteiger partial charge in [0, 0.05) is 21.1 Å². The first-order chi connectivity index (χ1) is 10.1. The molecule has 2 aromatic rings. The van der Waals surface area contributed by atoms with Gasteiger partial charge >= 0.3 is 0 Å². The number of anilines is 1. The SMILES string of the molecule is COc1cccc(CNc2c(Br)cc(C)cc2Br)c1OC. The molecule has 0 aliphatic rings. The van der Waals surface area contributed by atoms with Crippen LogP contribution in [0.4, 0.5) is 5.69 Å². The summed E-state index contributed by atoms with van der Waals surface area (Å²) < 4.78 is 12.8. The number of ether oxygens (including phenoxy) is 2. The number of benzene rings is 2. The summed E-state index contributed by atoms with van der Waals surface area (Å²) in [5.74, 6) is 1.49. The van der Waals surface area contributed by atoms with Crippen molar-refractivity contribution in [1.29, 1.82) is 0 Å². The topological polar surface area (TPSA) is 30.5 Å². The van der Waals surface area contributed by atoms with E-state index in [1.807, 2.05) is 18.2 Å². The van der Waals surface area contributed by atoms with Crippen LogP contribution in [0.25, 0.3) is 0 Å². The quantitative estimate of drug-likeness (QED) is 0.733. The second-order valence-electron chi connectivity index (χ2n) is 4.61. The summed E-state index contributed by atoms with van der Waals surface area (Å²) in [5.41, 5.74) is 3.25. The van der Waals surface area contributed by atoms with Crippen molar-refractivity contribution in [3.05, 3.63) is 50.4 Å². The molecule has 0 unspecified atom stereocenters. The second-order valence-corrected chi connectivity index (χ2v) is 6.32. The average Bonchev–Trinajstić information content (AvgIpc) is 2.45. The zero-order valence-electron chi connectivity index (χ0n) is 12.2. The van der Waals surface area contributed by atoms with Gasteiger partial charge in [-0.25, -0.2) is 0 Å². The van der Waals surface area contributed by atoms with E-state index in [1.165, 1.54) is 5.56 Å². The summed E-state index contributed by atoms with van der Waals surface area (Å²) in [4.78, 5) is 0. The molecule has 2 aromatic carbocycles. The van der Waals surface area contributed by atoms with E-state index >= 15 is 0 Å². The fourth-order valence-corrected chi connectivity index (χ4v) is 3.84. The minimum absolute atomic E-state index is 0.640. The van der Waals surface area contributed by atoms with Crippen LogP contribution in [-0.4, -0.2) is 14.2 Å². The van der Waals surface area contributed by atoms with Crippen LogP contribution in [0.3, 0.4) is 0 Å². The zero-order valence-corrected chi connectivity index (χ0v) is 15.3. The summed E-state index contributed by atoms with van der Waals surface area (Å²) in [6.07, 6.45) is 0. The van der Waals surface area contributed by atoms with Crippen LogP contribution in [0.1, 0.15) is 11.1 Å². The summed E-state index contributed by atoms with van der Waals surface area (Å²) in [6, 6.07) is 10.0. The van der Waals surface area contributed by atoms with Crippen molar-refractivity contribution in [2.24, 2.45) is 0 Å². The highest BCUT2D eigenvalue weighted by molar-refractivity contribution is 9.11. The molecular formula is C16H17Br2NO2. The number of halogens is 2. The monoisotopic (exact) mass is 413 g/mol. The van der Waals surface area contributed by atoms with Crippen LogP contribution in [0.15, 0.2) is 39.3 Å². The number of aryl methyl sites for hydroxylation is 1. The Morgan fingerprint density at radius 3 is 2.29 bits per heavy atom. The fourth-order valence-electron chi connectivity index (χ4n) is 2.15. The third kappa shape index (κ3) is 3.71. The van der Waals surface area contributed by atoms with Gasteiger partial charge in [-0.15, -0.1) is 0 Å². The predicted molar refractivity (Wildman–Crippen MR) is 93.5 cm³/mol. The lowest BCUT2D eigenvalue weighted by molar-refractivity contribution is 0.352. The normalized spacial score (nSPS) is 10.3. The molecular weight excluding hydrogens is 398 g/mol. The van der Waals surface area contributed by atoms with Crippen molar-refractivity contribution in [3.8, 4) is 11.5 Å². The van der Waals surface area contributed by atoms with Gasteiger partial charge in [0.2, 0.25) is 0 Å². The number of methoxy groups -OCH3 is 2. The molecule has 5 heteroatoms. The minimum Gasteiger partial charge on any atom is -0.493 e. The van der Waals surface area contributed by atoms with Gasteiger partial charge in [-0.3, -0.25) is 0 Å². The number of rotatable bonds is 5. The summed E-state index contributed by atoms with van der Waals surface area (Å²) in [6.45, 7) is 2.70. The van der Waals surface area contributed by atoms with E-state index in [4.69, 9.17) is 9.47 Å². The molecule has 0 spiro atoms. The van der Waals surface area contributed by atoms with Gasteiger partial charge < -0.3 is 14.8 Å². The molecule has 0 saturated carbocycles. The second kappa shape index (κ2) is 7.18. The van der Waals surface area contributed by atoms with Gasteiger partial charge in [0.25, 0.3) is 0 Å². The Labute approximate surface area is 141 Å². The van der Waals surface area contributed by atoms with Crippen molar-refractivity contribution < 1.29 is 9.47 Å². The van der Waals surface area contributed by atoms with Crippen molar-refractivity contribution in [2.75, 3.05) is 19.5 Å². The standard InChI is InChI=1S/C16H17Br2NO2/c1-10-7-12(17)15(13(18)8-10)19-9-11-5-4-6-14(20-2)16(11)21-3/h4-8,19H,9H2,1-3H3. The van der Waals surface area contributed by atoms with E-state index in [0.29, 0.717) is 6.54 Å². The fraction of sp³-hybridized carbons (Fsp3) is 0.250.